The summed E-state index contributed by atoms with van der Waals surface area (Å²) >= 11 is 0. The average molecular weight is 229 g/mol. The molecule has 0 heterocycles. The van der Waals surface area contributed by atoms with Gasteiger partial charge in [0.25, 0.3) is 0 Å². The Hall–Kier alpha value is -1.83. The molecule has 2 aromatic carbocycles. The van der Waals surface area contributed by atoms with E-state index in [-0.39, 0.29) is 5.82 Å². The first-order chi connectivity index (χ1) is 8.31. The van der Waals surface area contributed by atoms with Crippen LogP contribution in [0.15, 0.2) is 42.5 Å². The maximum absolute atomic E-state index is 13.7. The van der Waals surface area contributed by atoms with Crippen molar-refractivity contribution in [2.75, 3.05) is 6.61 Å². The van der Waals surface area contributed by atoms with Gasteiger partial charge in [0, 0.05) is 0 Å². The largest absolute Gasteiger partial charge is 0.491 e. The average Bonchev–Trinajstić information content (AvgIpc) is 2.38. The third-order valence-corrected chi connectivity index (χ3v) is 2.45. The van der Waals surface area contributed by atoms with Crippen molar-refractivity contribution in [3.8, 4) is 16.9 Å². The van der Waals surface area contributed by atoms with Crippen LogP contribution in [0, 0.1) is 11.9 Å². The zero-order valence-electron chi connectivity index (χ0n) is 9.74. The predicted molar refractivity (Wildman–Crippen MR) is 66.5 cm³/mol. The highest BCUT2D eigenvalue weighted by atomic mass is 19.1. The molecule has 0 amide bonds. The minimum Gasteiger partial charge on any atom is -0.491 e. The van der Waals surface area contributed by atoms with E-state index in [4.69, 9.17) is 4.74 Å². The van der Waals surface area contributed by atoms with Crippen LogP contribution in [-0.2, 0) is 0 Å². The molecular weight excluding hydrogens is 215 g/mol. The molecule has 2 rings (SSSR count). The van der Waals surface area contributed by atoms with Crippen molar-refractivity contribution in [1.29, 1.82) is 0 Å². The lowest BCUT2D eigenvalue weighted by molar-refractivity contribution is 0.301. The van der Waals surface area contributed by atoms with Crippen molar-refractivity contribution in [2.24, 2.45) is 0 Å². The smallest absolute Gasteiger partial charge is 0.165 e. The third-order valence-electron chi connectivity index (χ3n) is 2.45. The fraction of sp³-hybridized carbons (Fsp3) is 0.200. The molecule has 0 fully saturated rings. The molecule has 0 atom stereocenters. The summed E-state index contributed by atoms with van der Waals surface area (Å²) in [6, 6.07) is 15.4. The molecule has 0 unspecified atom stereocenters. The molecule has 2 heteroatoms. The highest BCUT2D eigenvalue weighted by Crippen LogP contribution is 2.25. The SMILES string of the molecule is CCCOc1ccc(-c2cc[c]cc2)cc1F. The Morgan fingerprint density at radius 2 is 1.88 bits per heavy atom. The first kappa shape index (κ1) is 11.6. The lowest BCUT2D eigenvalue weighted by Gasteiger charge is -2.07. The molecule has 87 valence electrons. The molecule has 0 spiro atoms. The van der Waals surface area contributed by atoms with E-state index in [1.54, 1.807) is 6.07 Å². The number of rotatable bonds is 4. The molecular formula is C15H14FO. The van der Waals surface area contributed by atoms with E-state index in [1.165, 1.54) is 6.07 Å². The molecule has 0 saturated heterocycles. The van der Waals surface area contributed by atoms with Crippen LogP contribution in [0.3, 0.4) is 0 Å². The van der Waals surface area contributed by atoms with Gasteiger partial charge in [-0.1, -0.05) is 37.3 Å². The maximum Gasteiger partial charge on any atom is 0.165 e. The second-order valence-electron chi connectivity index (χ2n) is 3.78. The number of hydrogen-bond donors (Lipinski definition) is 0. The van der Waals surface area contributed by atoms with Gasteiger partial charge in [-0.15, -0.1) is 0 Å². The summed E-state index contributed by atoms with van der Waals surface area (Å²) in [4.78, 5) is 0. The highest BCUT2D eigenvalue weighted by molar-refractivity contribution is 5.64. The summed E-state index contributed by atoms with van der Waals surface area (Å²) in [6.07, 6.45) is 0.871. The number of hydrogen-bond acceptors (Lipinski definition) is 1. The fourth-order valence-corrected chi connectivity index (χ4v) is 1.59. The van der Waals surface area contributed by atoms with E-state index in [0.29, 0.717) is 12.4 Å². The molecule has 0 N–H and O–H groups in total. The van der Waals surface area contributed by atoms with Gasteiger partial charge in [-0.3, -0.25) is 0 Å². The van der Waals surface area contributed by atoms with Gasteiger partial charge in [0.15, 0.2) is 11.6 Å². The third kappa shape index (κ3) is 2.84. The van der Waals surface area contributed by atoms with E-state index in [2.05, 4.69) is 6.07 Å². The Morgan fingerprint density at radius 1 is 1.12 bits per heavy atom. The van der Waals surface area contributed by atoms with Gasteiger partial charge in [0.1, 0.15) is 0 Å². The van der Waals surface area contributed by atoms with Crippen molar-refractivity contribution in [3.05, 3.63) is 54.3 Å². The van der Waals surface area contributed by atoms with E-state index >= 15 is 0 Å². The number of halogens is 1. The summed E-state index contributed by atoms with van der Waals surface area (Å²) in [7, 11) is 0. The Morgan fingerprint density at radius 3 is 2.53 bits per heavy atom. The molecule has 0 bridgehead atoms. The highest BCUT2D eigenvalue weighted by Gasteiger charge is 2.05. The van der Waals surface area contributed by atoms with Crippen LogP contribution in [-0.4, -0.2) is 6.61 Å². The molecule has 17 heavy (non-hydrogen) atoms. The lowest BCUT2D eigenvalue weighted by Crippen LogP contribution is -1.97. The Bertz CT molecular complexity index is 480. The standard InChI is InChI=1S/C15H14FO/c1-2-10-17-15-9-8-13(11-14(15)16)12-6-4-3-5-7-12/h4-9,11H,2,10H2,1H3. The number of ether oxygens (including phenoxy) is 1. The quantitative estimate of drug-likeness (QED) is 0.767. The molecule has 0 aliphatic heterocycles. The van der Waals surface area contributed by atoms with E-state index in [0.717, 1.165) is 17.5 Å². The normalized spacial score (nSPS) is 10.2. The predicted octanol–water partition coefficient (Wildman–Crippen LogP) is 4.08. The minimum atomic E-state index is -0.316. The van der Waals surface area contributed by atoms with Crippen molar-refractivity contribution >= 4 is 0 Å². The fourth-order valence-electron chi connectivity index (χ4n) is 1.59. The van der Waals surface area contributed by atoms with Crippen LogP contribution >= 0.6 is 0 Å². The summed E-state index contributed by atoms with van der Waals surface area (Å²) in [5, 5.41) is 0. The second kappa shape index (κ2) is 5.48. The molecule has 0 aromatic heterocycles. The van der Waals surface area contributed by atoms with Crippen molar-refractivity contribution in [2.45, 2.75) is 13.3 Å². The van der Waals surface area contributed by atoms with Gasteiger partial charge in [0.2, 0.25) is 0 Å². The second-order valence-corrected chi connectivity index (χ2v) is 3.78. The van der Waals surface area contributed by atoms with E-state index < -0.39 is 0 Å². The van der Waals surface area contributed by atoms with Gasteiger partial charge in [-0.05, 0) is 35.7 Å². The minimum absolute atomic E-state index is 0.316. The van der Waals surface area contributed by atoms with Crippen LogP contribution in [0.25, 0.3) is 11.1 Å². The Labute approximate surface area is 101 Å². The zero-order valence-corrected chi connectivity index (χ0v) is 9.74. The maximum atomic E-state index is 13.7. The van der Waals surface area contributed by atoms with Gasteiger partial charge >= 0.3 is 0 Å². The van der Waals surface area contributed by atoms with Crippen molar-refractivity contribution in [3.63, 3.8) is 0 Å². The monoisotopic (exact) mass is 229 g/mol. The summed E-state index contributed by atoms with van der Waals surface area (Å²) in [5.41, 5.74) is 1.82. The van der Waals surface area contributed by atoms with Gasteiger partial charge in [-0.2, -0.15) is 0 Å². The Balaban J connectivity index is 2.25. The summed E-state index contributed by atoms with van der Waals surface area (Å²) in [6.45, 7) is 2.53. The topological polar surface area (TPSA) is 9.23 Å². The van der Waals surface area contributed by atoms with E-state index in [1.807, 2.05) is 37.3 Å². The molecule has 1 radical (unpaired) electrons. The molecule has 0 aliphatic carbocycles. The zero-order chi connectivity index (χ0) is 12.1. The van der Waals surface area contributed by atoms with Crippen LogP contribution < -0.4 is 4.74 Å². The first-order valence-electron chi connectivity index (χ1n) is 5.70. The first-order valence-corrected chi connectivity index (χ1v) is 5.70. The van der Waals surface area contributed by atoms with Gasteiger partial charge in [0.05, 0.1) is 6.61 Å². The van der Waals surface area contributed by atoms with Crippen molar-refractivity contribution in [1.82, 2.24) is 0 Å². The van der Waals surface area contributed by atoms with Crippen molar-refractivity contribution < 1.29 is 9.13 Å². The lowest BCUT2D eigenvalue weighted by atomic mass is 10.1. The van der Waals surface area contributed by atoms with Crippen LogP contribution in [0.2, 0.25) is 0 Å². The van der Waals surface area contributed by atoms with Gasteiger partial charge < -0.3 is 4.74 Å². The summed E-state index contributed by atoms with van der Waals surface area (Å²) < 4.78 is 19.0. The van der Waals surface area contributed by atoms with E-state index in [9.17, 15) is 4.39 Å². The molecule has 1 nitrogen and oxygen atoms in total. The molecule has 2 aromatic rings. The molecule has 0 aliphatic rings. The number of benzene rings is 2. The Kier molecular flexibility index (Phi) is 3.76. The van der Waals surface area contributed by atoms with Gasteiger partial charge in [-0.25, -0.2) is 4.39 Å². The summed E-state index contributed by atoms with van der Waals surface area (Å²) in [5.74, 6) is 0.00174. The van der Waals surface area contributed by atoms with Crippen LogP contribution in [0.5, 0.6) is 5.75 Å². The van der Waals surface area contributed by atoms with Crippen LogP contribution in [0.1, 0.15) is 13.3 Å². The molecule has 0 saturated carbocycles. The van der Waals surface area contributed by atoms with Crippen LogP contribution in [0.4, 0.5) is 4.39 Å².